The molecule has 0 radical (unpaired) electrons. The molecule has 0 saturated carbocycles. The minimum atomic E-state index is -2.04. The van der Waals surface area contributed by atoms with Crippen molar-refractivity contribution in [1.29, 1.82) is 0 Å². The Bertz CT molecular complexity index is 241. The summed E-state index contributed by atoms with van der Waals surface area (Å²) in [5.41, 5.74) is 0.882. The summed E-state index contributed by atoms with van der Waals surface area (Å²) in [6.45, 7) is 8.52. The van der Waals surface area contributed by atoms with Crippen molar-refractivity contribution in [2.75, 3.05) is 0 Å². The van der Waals surface area contributed by atoms with Crippen LogP contribution in [0.2, 0.25) is 8.87 Å². The average molecular weight is 361 g/mol. The Morgan fingerprint density at radius 1 is 1.06 bits per heavy atom. The van der Waals surface area contributed by atoms with Gasteiger partial charge in [0, 0.05) is 0 Å². The number of hydrogen-bond acceptors (Lipinski definition) is 2. The monoisotopic (exact) mass is 362 g/mol. The number of hydrogen-bond donors (Lipinski definition) is 0. The summed E-state index contributed by atoms with van der Waals surface area (Å²) < 4.78 is 8.29. The van der Waals surface area contributed by atoms with Crippen molar-refractivity contribution in [2.24, 2.45) is 0 Å². The zero-order valence-corrected chi connectivity index (χ0v) is 15.9. The zero-order chi connectivity index (χ0) is 13.8. The van der Waals surface area contributed by atoms with Crippen molar-refractivity contribution >= 4 is 26.1 Å². The van der Waals surface area contributed by atoms with Crippen molar-refractivity contribution in [3.8, 4) is 0 Å². The molecule has 106 valence electrons. The number of unbranched alkanes of at least 4 members (excludes halogenated alkanes) is 2. The molecule has 0 bridgehead atoms. The van der Waals surface area contributed by atoms with Gasteiger partial charge in [-0.2, -0.15) is 0 Å². The van der Waals surface area contributed by atoms with Gasteiger partial charge in [0.15, 0.2) is 0 Å². The summed E-state index contributed by atoms with van der Waals surface area (Å²) in [6, 6.07) is 0. The van der Waals surface area contributed by atoms with Crippen molar-refractivity contribution in [3.05, 3.63) is 11.6 Å². The molecule has 0 aromatic rings. The summed E-state index contributed by atoms with van der Waals surface area (Å²) in [7, 11) is 0. The van der Waals surface area contributed by atoms with Crippen LogP contribution in [0.25, 0.3) is 0 Å². The molecule has 0 fully saturated rings. The number of carbonyl (C=O) groups is 1. The van der Waals surface area contributed by atoms with Crippen molar-refractivity contribution in [3.63, 3.8) is 0 Å². The molecule has 0 atom stereocenters. The minimum absolute atomic E-state index is 0.00708. The van der Waals surface area contributed by atoms with Crippen LogP contribution in [0, 0.1) is 0 Å². The van der Waals surface area contributed by atoms with Gasteiger partial charge >= 0.3 is 121 Å². The zero-order valence-electron chi connectivity index (χ0n) is 12.6. The van der Waals surface area contributed by atoms with E-state index in [-0.39, 0.29) is 5.97 Å². The van der Waals surface area contributed by atoms with Crippen LogP contribution in [-0.4, -0.2) is 26.1 Å². The fourth-order valence-corrected chi connectivity index (χ4v) is 9.69. The van der Waals surface area contributed by atoms with Crippen LogP contribution < -0.4 is 0 Å². The van der Waals surface area contributed by atoms with Gasteiger partial charge in [0.2, 0.25) is 0 Å². The Hall–Kier alpha value is 0.00870. The third kappa shape index (κ3) is 8.17. The van der Waals surface area contributed by atoms with Gasteiger partial charge < -0.3 is 0 Å². The molecule has 18 heavy (non-hydrogen) atoms. The Kier molecular flexibility index (Phi) is 12.1. The second kappa shape index (κ2) is 12.1. The predicted molar refractivity (Wildman–Crippen MR) is 81.3 cm³/mol. The Balaban J connectivity index is 4.35. The van der Waals surface area contributed by atoms with E-state index in [1.54, 1.807) is 0 Å². The van der Waals surface area contributed by atoms with Gasteiger partial charge in [-0.3, -0.25) is 0 Å². The standard InChI is InChI=1S/C7H12O2.2C4H9.Sn.H/c1-3-5-6(4-2)7(8)9;2*1-3-4-2;;/h5H,3-4H2,1-2H3,(H,8,9);2*1,3-4H2,2H3;;/q;;;+1;/p-1. The fraction of sp³-hybridized carbons (Fsp3) is 0.800. The van der Waals surface area contributed by atoms with Gasteiger partial charge in [-0.15, -0.1) is 0 Å². The first-order chi connectivity index (χ1) is 8.69. The van der Waals surface area contributed by atoms with Crippen LogP contribution in [0.3, 0.4) is 0 Å². The second-order valence-electron chi connectivity index (χ2n) is 4.80. The maximum absolute atomic E-state index is 12.1. The molecule has 2 nitrogen and oxygen atoms in total. The van der Waals surface area contributed by atoms with Crippen molar-refractivity contribution in [1.82, 2.24) is 0 Å². The molecule has 0 saturated heterocycles. The SMILES string of the molecule is CCC=C(CC)C(=O)[O][SnH]([CH2]CCC)[CH2]CCC. The van der Waals surface area contributed by atoms with Gasteiger partial charge in [-0.25, -0.2) is 0 Å². The van der Waals surface area contributed by atoms with E-state index in [4.69, 9.17) is 3.07 Å². The molecule has 3 heteroatoms. The number of allylic oxidation sites excluding steroid dienone is 1. The molecule has 0 aliphatic heterocycles. The normalized spacial score (nSPS) is 11.9. The molecule has 0 unspecified atom stereocenters. The molecule has 0 aliphatic rings. The van der Waals surface area contributed by atoms with Crippen LogP contribution >= 0.6 is 0 Å². The number of carbonyl (C=O) groups excluding carboxylic acids is 1. The molecule has 0 aliphatic carbocycles. The van der Waals surface area contributed by atoms with E-state index < -0.39 is 20.2 Å². The van der Waals surface area contributed by atoms with E-state index in [0.717, 1.165) is 18.4 Å². The predicted octanol–water partition coefficient (Wildman–Crippen LogP) is 4.60. The molecule has 0 spiro atoms. The second-order valence-corrected chi connectivity index (χ2v) is 12.3. The van der Waals surface area contributed by atoms with E-state index in [1.807, 2.05) is 13.0 Å². The van der Waals surface area contributed by atoms with E-state index in [0.29, 0.717) is 0 Å². The van der Waals surface area contributed by atoms with Crippen LogP contribution in [0.15, 0.2) is 11.6 Å². The van der Waals surface area contributed by atoms with Crippen LogP contribution in [0.5, 0.6) is 0 Å². The van der Waals surface area contributed by atoms with E-state index in [1.165, 1.54) is 34.6 Å². The summed E-state index contributed by atoms with van der Waals surface area (Å²) >= 11 is -2.04. The molecular weight excluding hydrogens is 331 g/mol. The Morgan fingerprint density at radius 2 is 1.61 bits per heavy atom. The van der Waals surface area contributed by atoms with E-state index in [9.17, 15) is 4.79 Å². The average Bonchev–Trinajstić information content (AvgIpc) is 2.38. The van der Waals surface area contributed by atoms with E-state index in [2.05, 4.69) is 20.8 Å². The third-order valence-corrected chi connectivity index (χ3v) is 10.7. The third-order valence-electron chi connectivity index (χ3n) is 3.13. The summed E-state index contributed by atoms with van der Waals surface area (Å²) in [4.78, 5) is 12.1. The van der Waals surface area contributed by atoms with Gasteiger partial charge in [0.1, 0.15) is 0 Å². The molecule has 0 rings (SSSR count). The van der Waals surface area contributed by atoms with Gasteiger partial charge in [-0.1, -0.05) is 0 Å². The topological polar surface area (TPSA) is 26.3 Å². The summed E-state index contributed by atoms with van der Waals surface area (Å²) in [5, 5.41) is 0. The summed E-state index contributed by atoms with van der Waals surface area (Å²) in [6.07, 6.45) is 8.62. The molecular formula is C15H30O2Sn. The summed E-state index contributed by atoms with van der Waals surface area (Å²) in [5.74, 6) is -0.00708. The quantitative estimate of drug-likeness (QED) is 0.420. The van der Waals surface area contributed by atoms with Crippen LogP contribution in [-0.2, 0) is 7.87 Å². The Morgan fingerprint density at radius 3 is 2.00 bits per heavy atom. The Labute approximate surface area is 120 Å². The first-order valence-corrected chi connectivity index (χ1v) is 13.6. The van der Waals surface area contributed by atoms with Gasteiger partial charge in [0.25, 0.3) is 0 Å². The molecule has 0 aromatic carbocycles. The number of rotatable bonds is 10. The van der Waals surface area contributed by atoms with Crippen molar-refractivity contribution in [2.45, 2.75) is 75.1 Å². The van der Waals surface area contributed by atoms with E-state index >= 15 is 0 Å². The molecule has 0 aromatic heterocycles. The fourth-order valence-electron chi connectivity index (χ4n) is 1.97. The van der Waals surface area contributed by atoms with Crippen LogP contribution in [0.1, 0.15) is 66.2 Å². The van der Waals surface area contributed by atoms with Gasteiger partial charge in [0.05, 0.1) is 0 Å². The first kappa shape index (κ1) is 18.0. The van der Waals surface area contributed by atoms with Crippen LogP contribution in [0.4, 0.5) is 0 Å². The molecule has 0 N–H and O–H groups in total. The molecule has 0 heterocycles. The maximum atomic E-state index is 12.1. The first-order valence-electron chi connectivity index (χ1n) is 7.59. The molecule has 0 amide bonds. The van der Waals surface area contributed by atoms with Gasteiger partial charge in [-0.05, 0) is 0 Å². The van der Waals surface area contributed by atoms with Crippen molar-refractivity contribution < 1.29 is 7.87 Å².